The van der Waals surface area contributed by atoms with Crippen molar-refractivity contribution in [2.24, 2.45) is 0 Å². The van der Waals surface area contributed by atoms with Crippen LogP contribution in [-0.2, 0) is 19.5 Å². The van der Waals surface area contributed by atoms with E-state index in [1.54, 1.807) is 6.07 Å². The minimum Gasteiger partial charge on any atom is -0.400 e. The third-order valence-corrected chi connectivity index (χ3v) is 6.62. The molecular weight excluding hydrogens is 344 g/mol. The molecule has 6 heteroatoms. The summed E-state index contributed by atoms with van der Waals surface area (Å²) in [5, 5.41) is 0. The van der Waals surface area contributed by atoms with Gasteiger partial charge in [-0.3, -0.25) is 4.79 Å². The molecule has 27 heavy (non-hydrogen) atoms. The van der Waals surface area contributed by atoms with Crippen molar-refractivity contribution in [2.45, 2.75) is 63.6 Å². The predicted molar refractivity (Wildman–Crippen MR) is 103 cm³/mol. The van der Waals surface area contributed by atoms with Crippen LogP contribution in [0.1, 0.15) is 52.5 Å². The molecule has 0 spiro atoms. The zero-order valence-corrected chi connectivity index (χ0v) is 16.5. The monoisotopic (exact) mass is 371 g/mol. The van der Waals surface area contributed by atoms with Crippen LogP contribution in [0.3, 0.4) is 0 Å². The molecule has 1 saturated heterocycles. The molecule has 4 nitrogen and oxygen atoms in total. The van der Waals surface area contributed by atoms with Crippen LogP contribution in [0.15, 0.2) is 35.8 Å². The lowest BCUT2D eigenvalue weighted by Gasteiger charge is -2.32. The van der Waals surface area contributed by atoms with Gasteiger partial charge < -0.3 is 14.2 Å². The summed E-state index contributed by atoms with van der Waals surface area (Å²) in [4.78, 5) is 15.0. The van der Waals surface area contributed by atoms with Gasteiger partial charge in [0.25, 0.3) is 0 Å². The van der Waals surface area contributed by atoms with E-state index < -0.39 is 5.41 Å². The lowest BCUT2D eigenvalue weighted by molar-refractivity contribution is -0.133. The van der Waals surface area contributed by atoms with E-state index in [1.807, 2.05) is 38.7 Å². The lowest BCUT2D eigenvalue weighted by Crippen LogP contribution is -2.43. The molecule has 0 aromatic heterocycles. The quantitative estimate of drug-likeness (QED) is 0.762. The SMILES string of the molecule is CC1(C)OB(C2=CCN(C(=O)C3(c4cccc(F)c4)CC3)CC2)OC1(C)C. The number of halogens is 1. The summed E-state index contributed by atoms with van der Waals surface area (Å²) in [5.41, 5.74) is 0.654. The van der Waals surface area contributed by atoms with Gasteiger partial charge in [-0.2, -0.15) is 0 Å². The Kier molecular flexibility index (Phi) is 4.28. The van der Waals surface area contributed by atoms with Gasteiger partial charge in [-0.15, -0.1) is 0 Å². The van der Waals surface area contributed by atoms with Crippen molar-refractivity contribution < 1.29 is 18.5 Å². The molecule has 1 saturated carbocycles. The average Bonchev–Trinajstić information content (AvgIpc) is 3.38. The number of amides is 1. The van der Waals surface area contributed by atoms with Crippen molar-refractivity contribution in [3.05, 3.63) is 47.2 Å². The summed E-state index contributed by atoms with van der Waals surface area (Å²) >= 11 is 0. The molecule has 0 unspecified atom stereocenters. The summed E-state index contributed by atoms with van der Waals surface area (Å²) in [6.45, 7) is 9.37. The molecule has 3 aliphatic rings. The second kappa shape index (κ2) is 6.18. The van der Waals surface area contributed by atoms with Crippen molar-refractivity contribution in [2.75, 3.05) is 13.1 Å². The van der Waals surface area contributed by atoms with Crippen molar-refractivity contribution in [3.8, 4) is 0 Å². The first-order chi connectivity index (χ1) is 12.6. The van der Waals surface area contributed by atoms with Gasteiger partial charge in [-0.05, 0) is 70.1 Å². The molecule has 2 fully saturated rings. The van der Waals surface area contributed by atoms with E-state index in [2.05, 4.69) is 6.08 Å². The van der Waals surface area contributed by atoms with Gasteiger partial charge in [0.15, 0.2) is 0 Å². The Balaban J connectivity index is 1.46. The number of hydrogen-bond donors (Lipinski definition) is 0. The van der Waals surface area contributed by atoms with E-state index in [0.29, 0.717) is 13.1 Å². The fourth-order valence-electron chi connectivity index (χ4n) is 3.92. The maximum atomic E-state index is 13.6. The first kappa shape index (κ1) is 18.7. The molecule has 0 atom stereocenters. The predicted octanol–water partition coefficient (Wildman–Crippen LogP) is 3.65. The van der Waals surface area contributed by atoms with Gasteiger partial charge in [0.2, 0.25) is 5.91 Å². The normalized spacial score (nSPS) is 25.3. The highest BCUT2D eigenvalue weighted by atomic mass is 19.1. The average molecular weight is 371 g/mol. The van der Waals surface area contributed by atoms with E-state index in [1.165, 1.54) is 12.1 Å². The maximum absolute atomic E-state index is 13.6. The van der Waals surface area contributed by atoms with Crippen LogP contribution >= 0.6 is 0 Å². The maximum Gasteiger partial charge on any atom is 0.490 e. The van der Waals surface area contributed by atoms with Crippen molar-refractivity contribution in [1.82, 2.24) is 4.90 Å². The molecule has 2 heterocycles. The molecule has 1 aliphatic carbocycles. The van der Waals surface area contributed by atoms with Gasteiger partial charge in [-0.1, -0.05) is 18.2 Å². The second-order valence-electron chi connectivity index (χ2n) is 8.96. The zero-order chi connectivity index (χ0) is 19.4. The third kappa shape index (κ3) is 3.13. The second-order valence-corrected chi connectivity index (χ2v) is 8.96. The Morgan fingerprint density at radius 1 is 1.15 bits per heavy atom. The van der Waals surface area contributed by atoms with Crippen LogP contribution in [-0.4, -0.2) is 42.2 Å². The Morgan fingerprint density at radius 2 is 1.81 bits per heavy atom. The van der Waals surface area contributed by atoms with E-state index in [4.69, 9.17) is 9.31 Å². The molecular formula is C21H27BFNO3. The first-order valence-corrected chi connectivity index (χ1v) is 9.75. The number of nitrogens with zero attached hydrogens (tertiary/aromatic N) is 1. The number of carbonyl (C=O) groups is 1. The van der Waals surface area contributed by atoms with Crippen LogP contribution in [0.5, 0.6) is 0 Å². The standard InChI is InChI=1S/C21H27BFNO3/c1-19(2)20(3,4)27-22(26-19)16-8-12-24(13-9-16)18(25)21(10-11-21)15-6-5-7-17(23)14-15/h5-8,14H,9-13H2,1-4H3. The van der Waals surface area contributed by atoms with E-state index >= 15 is 0 Å². The van der Waals surface area contributed by atoms with Crippen LogP contribution in [0.25, 0.3) is 0 Å². The molecule has 1 aromatic carbocycles. The molecule has 0 bridgehead atoms. The third-order valence-electron chi connectivity index (χ3n) is 6.62. The number of rotatable bonds is 3. The van der Waals surface area contributed by atoms with E-state index in [9.17, 15) is 9.18 Å². The Morgan fingerprint density at radius 3 is 2.33 bits per heavy atom. The van der Waals surface area contributed by atoms with Gasteiger partial charge in [0, 0.05) is 13.1 Å². The summed E-state index contributed by atoms with van der Waals surface area (Å²) in [6, 6.07) is 6.47. The topological polar surface area (TPSA) is 38.8 Å². The lowest BCUT2D eigenvalue weighted by atomic mass is 9.74. The molecule has 0 N–H and O–H groups in total. The van der Waals surface area contributed by atoms with Crippen LogP contribution < -0.4 is 0 Å². The largest absolute Gasteiger partial charge is 0.490 e. The Hall–Kier alpha value is -1.66. The number of benzene rings is 1. The molecule has 4 rings (SSSR count). The number of carbonyl (C=O) groups excluding carboxylic acids is 1. The summed E-state index contributed by atoms with van der Waals surface area (Å²) in [6.07, 6.45) is 4.38. The summed E-state index contributed by atoms with van der Waals surface area (Å²) < 4.78 is 25.9. The molecule has 2 aliphatic heterocycles. The fourth-order valence-corrected chi connectivity index (χ4v) is 3.92. The fraction of sp³-hybridized carbons (Fsp3) is 0.571. The molecule has 144 valence electrons. The highest BCUT2D eigenvalue weighted by Gasteiger charge is 2.55. The molecule has 1 aromatic rings. The highest BCUT2D eigenvalue weighted by Crippen LogP contribution is 2.50. The van der Waals surface area contributed by atoms with Crippen LogP contribution in [0, 0.1) is 5.82 Å². The highest BCUT2D eigenvalue weighted by molar-refractivity contribution is 6.54. The molecule has 1 amide bonds. The first-order valence-electron chi connectivity index (χ1n) is 9.75. The molecule has 0 radical (unpaired) electrons. The zero-order valence-electron chi connectivity index (χ0n) is 16.5. The van der Waals surface area contributed by atoms with Crippen LogP contribution in [0.2, 0.25) is 0 Å². The minimum atomic E-state index is -0.530. The number of hydrogen-bond acceptors (Lipinski definition) is 3. The van der Waals surface area contributed by atoms with Gasteiger partial charge in [-0.25, -0.2) is 4.39 Å². The van der Waals surface area contributed by atoms with E-state index in [0.717, 1.165) is 30.3 Å². The van der Waals surface area contributed by atoms with Gasteiger partial charge in [0.1, 0.15) is 5.82 Å². The summed E-state index contributed by atoms with van der Waals surface area (Å²) in [5.74, 6) is -0.175. The smallest absolute Gasteiger partial charge is 0.400 e. The summed E-state index contributed by atoms with van der Waals surface area (Å²) in [7, 11) is -0.342. The van der Waals surface area contributed by atoms with Gasteiger partial charge in [0.05, 0.1) is 16.6 Å². The Bertz CT molecular complexity index is 784. The minimum absolute atomic E-state index is 0.109. The van der Waals surface area contributed by atoms with E-state index in [-0.39, 0.29) is 30.0 Å². The van der Waals surface area contributed by atoms with Crippen molar-refractivity contribution in [1.29, 1.82) is 0 Å². The van der Waals surface area contributed by atoms with Crippen molar-refractivity contribution >= 4 is 13.0 Å². The van der Waals surface area contributed by atoms with Gasteiger partial charge >= 0.3 is 7.12 Å². The van der Waals surface area contributed by atoms with Crippen LogP contribution in [0.4, 0.5) is 4.39 Å². The van der Waals surface area contributed by atoms with Crippen molar-refractivity contribution in [3.63, 3.8) is 0 Å². The Labute approximate surface area is 160 Å².